The number of hydrogen-bond donors (Lipinski definition) is 0. The van der Waals surface area contributed by atoms with Crippen molar-refractivity contribution in [3.63, 3.8) is 0 Å². The molecule has 1 nitrogen and oxygen atoms in total. The van der Waals surface area contributed by atoms with Gasteiger partial charge in [0.05, 0.1) is 0 Å². The van der Waals surface area contributed by atoms with Crippen LogP contribution in [0.3, 0.4) is 0 Å². The van der Waals surface area contributed by atoms with Crippen molar-refractivity contribution in [2.75, 3.05) is 0 Å². The van der Waals surface area contributed by atoms with Gasteiger partial charge in [0.25, 0.3) is 0 Å². The van der Waals surface area contributed by atoms with Crippen LogP contribution in [0, 0.1) is 6.92 Å². The Labute approximate surface area is 93.2 Å². The van der Waals surface area contributed by atoms with Crippen molar-refractivity contribution in [3.8, 4) is 0 Å². The van der Waals surface area contributed by atoms with Gasteiger partial charge in [-0.2, -0.15) is 0 Å². The molecule has 57 valence electrons. The van der Waals surface area contributed by atoms with Crippen LogP contribution < -0.4 is 0 Å². The van der Waals surface area contributed by atoms with Gasteiger partial charge in [0, 0.05) is 32.7 Å². The van der Waals surface area contributed by atoms with Crippen molar-refractivity contribution in [2.45, 2.75) is 20.3 Å². The number of hydrogen-bond acceptors (Lipinski definition) is 0. The van der Waals surface area contributed by atoms with Gasteiger partial charge in [-0.05, 0) is 24.5 Å². The minimum atomic E-state index is 0. The van der Waals surface area contributed by atoms with E-state index in [4.69, 9.17) is 5.73 Å². The maximum Gasteiger partial charge on any atom is 0 e. The van der Waals surface area contributed by atoms with E-state index in [1.165, 1.54) is 11.1 Å². The summed E-state index contributed by atoms with van der Waals surface area (Å²) in [6.07, 6.45) is 1.03. The Morgan fingerprint density at radius 2 is 2.00 bits per heavy atom. The second-order valence-electron chi connectivity index (χ2n) is 2.49. The van der Waals surface area contributed by atoms with E-state index in [1.54, 1.807) is 0 Å². The summed E-state index contributed by atoms with van der Waals surface area (Å²) in [5, 5.41) is 0. The molecule has 1 N–H and O–H groups in total. The molecule has 1 aromatic rings. The quantitative estimate of drug-likeness (QED) is 0.697. The summed E-state index contributed by atoms with van der Waals surface area (Å²) in [6.45, 7) is 4.19. The molecule has 0 aliphatic rings. The van der Waals surface area contributed by atoms with Crippen molar-refractivity contribution < 1.29 is 32.7 Å². The third-order valence-electron chi connectivity index (χ3n) is 1.73. The molecule has 11 heavy (non-hydrogen) atoms. The van der Waals surface area contributed by atoms with Crippen molar-refractivity contribution in [2.24, 2.45) is 0 Å². The van der Waals surface area contributed by atoms with E-state index in [0.29, 0.717) is 5.69 Å². The van der Waals surface area contributed by atoms with Crippen LogP contribution in [0.15, 0.2) is 18.2 Å². The first-order valence-electron chi connectivity index (χ1n) is 3.55. The summed E-state index contributed by atoms with van der Waals surface area (Å²) in [7, 11) is 0. The van der Waals surface area contributed by atoms with E-state index in [-0.39, 0.29) is 32.7 Å². The van der Waals surface area contributed by atoms with Crippen LogP contribution >= 0.6 is 0 Å². The minimum Gasteiger partial charge on any atom is -0.699 e. The fourth-order valence-corrected chi connectivity index (χ4v) is 1.05. The van der Waals surface area contributed by atoms with Crippen LogP contribution in [0.2, 0.25) is 0 Å². The molecular formula is C9H12NY-. The molecule has 0 heterocycles. The van der Waals surface area contributed by atoms with Crippen molar-refractivity contribution in [1.82, 2.24) is 0 Å². The van der Waals surface area contributed by atoms with E-state index in [9.17, 15) is 0 Å². The predicted octanol–water partition coefficient (Wildman–Crippen LogP) is 3.24. The van der Waals surface area contributed by atoms with Crippen LogP contribution in [0.25, 0.3) is 5.73 Å². The fraction of sp³-hybridized carbons (Fsp3) is 0.333. The summed E-state index contributed by atoms with van der Waals surface area (Å²) in [4.78, 5) is 0. The standard InChI is InChI=1S/C9H12N.Y/c1-3-8-6-9(10)5-4-7(8)2;/h4-6,10H,3H2,1-2H3;/q-1;. The Bertz CT molecular complexity index is 233. The average Bonchev–Trinajstić information content (AvgIpc) is 1.94. The maximum atomic E-state index is 7.34. The predicted molar refractivity (Wildman–Crippen MR) is 44.5 cm³/mol. The normalized spacial score (nSPS) is 8.91. The summed E-state index contributed by atoms with van der Waals surface area (Å²) in [5.41, 5.74) is 10.5. The second-order valence-corrected chi connectivity index (χ2v) is 2.49. The summed E-state index contributed by atoms with van der Waals surface area (Å²) in [5.74, 6) is 0. The second kappa shape index (κ2) is 4.89. The van der Waals surface area contributed by atoms with Crippen molar-refractivity contribution >= 4 is 5.69 Å². The topological polar surface area (TPSA) is 23.8 Å². The zero-order valence-electron chi connectivity index (χ0n) is 7.02. The van der Waals surface area contributed by atoms with Gasteiger partial charge in [-0.25, -0.2) is 0 Å². The van der Waals surface area contributed by atoms with E-state index in [2.05, 4.69) is 13.8 Å². The molecule has 0 fully saturated rings. The minimum absolute atomic E-state index is 0. The number of benzene rings is 1. The summed E-state index contributed by atoms with van der Waals surface area (Å²) < 4.78 is 0. The van der Waals surface area contributed by atoms with Gasteiger partial charge >= 0.3 is 0 Å². The molecule has 0 spiro atoms. The van der Waals surface area contributed by atoms with E-state index in [0.717, 1.165) is 6.42 Å². The SMILES string of the molecule is CCc1cc([NH-])ccc1C.[Y]. The summed E-state index contributed by atoms with van der Waals surface area (Å²) >= 11 is 0. The largest absolute Gasteiger partial charge is 0.699 e. The van der Waals surface area contributed by atoms with E-state index >= 15 is 0 Å². The molecule has 0 atom stereocenters. The van der Waals surface area contributed by atoms with Gasteiger partial charge in [-0.1, -0.05) is 25.1 Å². The molecule has 0 unspecified atom stereocenters. The Kier molecular flexibility index (Phi) is 4.95. The zero-order chi connectivity index (χ0) is 7.56. The number of aryl methyl sites for hydroxylation is 2. The van der Waals surface area contributed by atoms with Gasteiger partial charge < -0.3 is 5.73 Å². The molecule has 1 aromatic carbocycles. The smallest absolute Gasteiger partial charge is 0 e. The molecule has 0 aromatic heterocycles. The molecule has 0 saturated heterocycles. The molecule has 1 radical (unpaired) electrons. The molecule has 1 rings (SSSR count). The fourth-order valence-electron chi connectivity index (χ4n) is 1.05. The molecular weight excluding hydrogens is 211 g/mol. The number of rotatable bonds is 1. The third-order valence-corrected chi connectivity index (χ3v) is 1.73. The molecule has 0 aliphatic carbocycles. The Hall–Kier alpha value is 0.124. The van der Waals surface area contributed by atoms with Crippen LogP contribution in [0.1, 0.15) is 18.1 Å². The van der Waals surface area contributed by atoms with Crippen LogP contribution in [0.5, 0.6) is 0 Å². The molecule has 2 heteroatoms. The Balaban J connectivity index is 0.000001000. The van der Waals surface area contributed by atoms with Crippen molar-refractivity contribution in [3.05, 3.63) is 35.1 Å². The van der Waals surface area contributed by atoms with E-state index in [1.807, 2.05) is 18.2 Å². The van der Waals surface area contributed by atoms with Gasteiger partial charge in [0.1, 0.15) is 0 Å². The summed E-state index contributed by atoms with van der Waals surface area (Å²) in [6, 6.07) is 5.75. The van der Waals surface area contributed by atoms with E-state index < -0.39 is 0 Å². The Morgan fingerprint density at radius 3 is 2.45 bits per heavy atom. The molecule has 0 saturated carbocycles. The van der Waals surface area contributed by atoms with Crippen LogP contribution in [-0.4, -0.2) is 0 Å². The van der Waals surface area contributed by atoms with Crippen LogP contribution in [-0.2, 0) is 39.1 Å². The Morgan fingerprint density at radius 1 is 1.36 bits per heavy atom. The molecule has 0 amide bonds. The average molecular weight is 223 g/mol. The first kappa shape index (κ1) is 11.1. The van der Waals surface area contributed by atoms with Gasteiger partial charge in [0.2, 0.25) is 0 Å². The first-order valence-corrected chi connectivity index (χ1v) is 3.55. The monoisotopic (exact) mass is 223 g/mol. The molecule has 0 bridgehead atoms. The maximum absolute atomic E-state index is 7.34. The van der Waals surface area contributed by atoms with Crippen LogP contribution in [0.4, 0.5) is 5.69 Å². The van der Waals surface area contributed by atoms with Gasteiger partial charge in [-0.3, -0.25) is 0 Å². The number of nitrogens with one attached hydrogen (secondary N) is 1. The van der Waals surface area contributed by atoms with Gasteiger partial charge in [0.15, 0.2) is 0 Å². The first-order chi connectivity index (χ1) is 4.74. The van der Waals surface area contributed by atoms with Gasteiger partial charge in [-0.15, -0.1) is 5.69 Å². The molecule has 0 aliphatic heterocycles. The third kappa shape index (κ3) is 2.92. The van der Waals surface area contributed by atoms with Crippen molar-refractivity contribution in [1.29, 1.82) is 0 Å². The zero-order valence-corrected chi connectivity index (χ0v) is 9.85.